The Balaban J connectivity index is 2.64. The highest BCUT2D eigenvalue weighted by Crippen LogP contribution is 2.32. The monoisotopic (exact) mass is 232 g/mol. The highest BCUT2D eigenvalue weighted by molar-refractivity contribution is 7.16. The van der Waals surface area contributed by atoms with Crippen molar-refractivity contribution in [3.05, 3.63) is 21.3 Å². The van der Waals surface area contributed by atoms with E-state index in [9.17, 15) is 5.11 Å². The van der Waals surface area contributed by atoms with Gasteiger partial charge in [0.05, 0.1) is 4.34 Å². The zero-order valence-electron chi connectivity index (χ0n) is 8.72. The van der Waals surface area contributed by atoms with Crippen LogP contribution in [-0.2, 0) is 6.42 Å². The van der Waals surface area contributed by atoms with E-state index in [0.717, 1.165) is 23.6 Å². The minimum atomic E-state index is 0.0168. The molecular weight excluding hydrogens is 216 g/mol. The van der Waals surface area contributed by atoms with Gasteiger partial charge < -0.3 is 5.11 Å². The topological polar surface area (TPSA) is 20.2 Å². The standard InChI is InChI=1S/C11H17ClOS/c1-3-6-11(2,8-13)7-9-4-5-10(12)14-9/h4-5,13H,3,6-8H2,1-2H3. The molecule has 0 aliphatic carbocycles. The van der Waals surface area contributed by atoms with Crippen molar-refractivity contribution in [1.29, 1.82) is 0 Å². The molecule has 0 fully saturated rings. The molecule has 0 aliphatic rings. The van der Waals surface area contributed by atoms with Crippen LogP contribution in [0.1, 0.15) is 31.6 Å². The van der Waals surface area contributed by atoms with Gasteiger partial charge in [0.25, 0.3) is 0 Å². The van der Waals surface area contributed by atoms with Gasteiger partial charge >= 0.3 is 0 Å². The molecule has 80 valence electrons. The summed E-state index contributed by atoms with van der Waals surface area (Å²) < 4.78 is 0.830. The smallest absolute Gasteiger partial charge is 0.0931 e. The molecule has 1 aromatic heterocycles. The zero-order valence-corrected chi connectivity index (χ0v) is 10.3. The molecule has 1 heterocycles. The maximum absolute atomic E-state index is 9.36. The molecule has 0 radical (unpaired) electrons. The van der Waals surface area contributed by atoms with Gasteiger partial charge in [-0.15, -0.1) is 11.3 Å². The van der Waals surface area contributed by atoms with E-state index in [-0.39, 0.29) is 12.0 Å². The van der Waals surface area contributed by atoms with Crippen LogP contribution in [0.25, 0.3) is 0 Å². The average molecular weight is 233 g/mol. The predicted octanol–water partition coefficient (Wildman–Crippen LogP) is 3.74. The fourth-order valence-corrected chi connectivity index (χ4v) is 3.00. The van der Waals surface area contributed by atoms with Crippen LogP contribution in [-0.4, -0.2) is 11.7 Å². The van der Waals surface area contributed by atoms with Crippen LogP contribution in [0.3, 0.4) is 0 Å². The van der Waals surface area contributed by atoms with Crippen molar-refractivity contribution in [2.45, 2.75) is 33.1 Å². The molecule has 0 amide bonds. The Labute approximate surface area is 94.7 Å². The summed E-state index contributed by atoms with van der Waals surface area (Å²) in [5.41, 5.74) is 0.0168. The number of hydrogen-bond acceptors (Lipinski definition) is 2. The quantitative estimate of drug-likeness (QED) is 0.820. The van der Waals surface area contributed by atoms with E-state index >= 15 is 0 Å². The van der Waals surface area contributed by atoms with Crippen LogP contribution in [0.5, 0.6) is 0 Å². The summed E-state index contributed by atoms with van der Waals surface area (Å²) in [6.45, 7) is 4.52. The molecule has 3 heteroatoms. The minimum absolute atomic E-state index is 0.0168. The van der Waals surface area contributed by atoms with Crippen LogP contribution >= 0.6 is 22.9 Å². The van der Waals surface area contributed by atoms with E-state index in [2.05, 4.69) is 19.9 Å². The molecule has 1 nitrogen and oxygen atoms in total. The Morgan fingerprint density at radius 1 is 1.50 bits per heavy atom. The van der Waals surface area contributed by atoms with Crippen LogP contribution in [0.15, 0.2) is 12.1 Å². The lowest BCUT2D eigenvalue weighted by Gasteiger charge is -2.26. The number of aliphatic hydroxyl groups is 1. The molecule has 0 spiro atoms. The van der Waals surface area contributed by atoms with Gasteiger partial charge in [0, 0.05) is 11.5 Å². The molecular formula is C11H17ClOS. The Morgan fingerprint density at radius 2 is 2.21 bits per heavy atom. The zero-order chi connectivity index (χ0) is 10.6. The molecule has 0 saturated heterocycles. The van der Waals surface area contributed by atoms with E-state index in [0.29, 0.717) is 0 Å². The maximum Gasteiger partial charge on any atom is 0.0931 e. The van der Waals surface area contributed by atoms with Gasteiger partial charge in [0.1, 0.15) is 0 Å². The SMILES string of the molecule is CCCC(C)(CO)Cc1ccc(Cl)s1. The maximum atomic E-state index is 9.36. The Hall–Kier alpha value is -0.0500. The molecule has 14 heavy (non-hydrogen) atoms. The molecule has 1 rings (SSSR count). The second-order valence-electron chi connectivity index (χ2n) is 4.10. The largest absolute Gasteiger partial charge is 0.396 e. The van der Waals surface area contributed by atoms with E-state index < -0.39 is 0 Å². The first-order valence-electron chi connectivity index (χ1n) is 4.95. The normalized spacial score (nSPS) is 15.4. The first-order chi connectivity index (χ1) is 6.59. The van der Waals surface area contributed by atoms with E-state index in [4.69, 9.17) is 11.6 Å². The third kappa shape index (κ3) is 3.26. The van der Waals surface area contributed by atoms with E-state index in [1.54, 1.807) is 11.3 Å². The number of aliphatic hydroxyl groups excluding tert-OH is 1. The summed E-state index contributed by atoms with van der Waals surface area (Å²) in [5, 5.41) is 9.36. The molecule has 0 saturated carbocycles. The summed E-state index contributed by atoms with van der Waals surface area (Å²) >= 11 is 7.48. The second kappa shape index (κ2) is 5.15. The third-order valence-corrected chi connectivity index (χ3v) is 3.70. The number of thiophene rings is 1. The third-order valence-electron chi connectivity index (χ3n) is 2.47. The fraction of sp³-hybridized carbons (Fsp3) is 0.636. The van der Waals surface area contributed by atoms with Crippen molar-refractivity contribution in [2.75, 3.05) is 6.61 Å². The van der Waals surface area contributed by atoms with E-state index in [1.807, 2.05) is 6.07 Å². The Morgan fingerprint density at radius 3 is 2.64 bits per heavy atom. The summed E-state index contributed by atoms with van der Waals surface area (Å²) in [5.74, 6) is 0. The molecule has 0 bridgehead atoms. The van der Waals surface area contributed by atoms with Crippen molar-refractivity contribution in [3.63, 3.8) is 0 Å². The summed E-state index contributed by atoms with van der Waals surface area (Å²) in [6, 6.07) is 3.97. The molecule has 1 N–H and O–H groups in total. The Kier molecular flexibility index (Phi) is 4.42. The summed E-state index contributed by atoms with van der Waals surface area (Å²) in [7, 11) is 0. The van der Waals surface area contributed by atoms with Gasteiger partial charge in [0.2, 0.25) is 0 Å². The number of halogens is 1. The van der Waals surface area contributed by atoms with Crippen molar-refractivity contribution >= 4 is 22.9 Å². The highest BCUT2D eigenvalue weighted by Gasteiger charge is 2.23. The van der Waals surface area contributed by atoms with Gasteiger partial charge in [-0.1, -0.05) is 31.9 Å². The summed E-state index contributed by atoms with van der Waals surface area (Å²) in [4.78, 5) is 1.26. The van der Waals surface area contributed by atoms with Gasteiger partial charge in [-0.3, -0.25) is 0 Å². The molecule has 1 aromatic rings. The first-order valence-corrected chi connectivity index (χ1v) is 6.14. The second-order valence-corrected chi connectivity index (χ2v) is 5.90. The van der Waals surface area contributed by atoms with Crippen molar-refractivity contribution in [2.24, 2.45) is 5.41 Å². The minimum Gasteiger partial charge on any atom is -0.396 e. The average Bonchev–Trinajstić information content (AvgIpc) is 2.51. The molecule has 0 aliphatic heterocycles. The highest BCUT2D eigenvalue weighted by atomic mass is 35.5. The molecule has 0 aromatic carbocycles. The lowest BCUT2D eigenvalue weighted by Crippen LogP contribution is -2.23. The van der Waals surface area contributed by atoms with Gasteiger partial charge in [-0.25, -0.2) is 0 Å². The predicted molar refractivity (Wildman–Crippen MR) is 63.1 cm³/mol. The lowest BCUT2D eigenvalue weighted by molar-refractivity contribution is 0.132. The van der Waals surface area contributed by atoms with Gasteiger partial charge in [0.15, 0.2) is 0 Å². The van der Waals surface area contributed by atoms with Gasteiger partial charge in [-0.2, -0.15) is 0 Å². The van der Waals surface area contributed by atoms with Crippen LogP contribution in [0.2, 0.25) is 4.34 Å². The number of rotatable bonds is 5. The van der Waals surface area contributed by atoms with Crippen LogP contribution in [0, 0.1) is 5.41 Å². The fourth-order valence-electron chi connectivity index (χ4n) is 1.69. The van der Waals surface area contributed by atoms with Gasteiger partial charge in [-0.05, 0) is 30.4 Å². The van der Waals surface area contributed by atoms with Crippen molar-refractivity contribution < 1.29 is 5.11 Å². The Bertz CT molecular complexity index is 285. The van der Waals surface area contributed by atoms with Crippen molar-refractivity contribution in [3.8, 4) is 0 Å². The van der Waals surface area contributed by atoms with Crippen LogP contribution in [0.4, 0.5) is 0 Å². The van der Waals surface area contributed by atoms with Crippen molar-refractivity contribution in [1.82, 2.24) is 0 Å². The number of hydrogen-bond donors (Lipinski definition) is 1. The van der Waals surface area contributed by atoms with E-state index in [1.165, 1.54) is 4.88 Å². The summed E-state index contributed by atoms with van der Waals surface area (Å²) in [6.07, 6.45) is 3.09. The van der Waals surface area contributed by atoms with Crippen LogP contribution < -0.4 is 0 Å². The molecule has 1 atom stereocenters. The lowest BCUT2D eigenvalue weighted by atomic mass is 9.83. The molecule has 1 unspecified atom stereocenters. The first kappa shape index (κ1) is 12.0.